The van der Waals surface area contributed by atoms with E-state index >= 15 is 0 Å². The number of amides is 1. The Morgan fingerprint density at radius 1 is 1.45 bits per heavy atom. The first kappa shape index (κ1) is 13.6. The molecule has 0 aliphatic carbocycles. The minimum Gasteiger partial charge on any atom is -0.379 e. The minimum absolute atomic E-state index is 0.160. The molecule has 3 rings (SSSR count). The average molecular weight is 275 g/mol. The molecule has 4 nitrogen and oxygen atoms in total. The first-order valence-electron chi connectivity index (χ1n) is 7.19. The number of hydrogen-bond acceptors (Lipinski definition) is 3. The highest BCUT2D eigenvalue weighted by molar-refractivity contribution is 5.79. The predicted octanol–water partition coefficient (Wildman–Crippen LogP) is 1.64. The number of rotatable bonds is 3. The smallest absolute Gasteiger partial charge is 0.227 e. The summed E-state index contributed by atoms with van der Waals surface area (Å²) in [6.45, 7) is 2.15. The molecule has 0 saturated carbocycles. The van der Waals surface area contributed by atoms with Crippen molar-refractivity contribution in [2.45, 2.75) is 31.0 Å². The van der Waals surface area contributed by atoms with Crippen LogP contribution >= 0.6 is 0 Å². The lowest BCUT2D eigenvalue weighted by atomic mass is 9.98. The van der Waals surface area contributed by atoms with Gasteiger partial charge in [-0.1, -0.05) is 30.3 Å². The molecule has 2 fully saturated rings. The van der Waals surface area contributed by atoms with Crippen LogP contribution in [0.5, 0.6) is 0 Å². The van der Waals surface area contributed by atoms with E-state index in [1.807, 2.05) is 35.2 Å². The third-order valence-corrected chi connectivity index (χ3v) is 4.38. The summed E-state index contributed by atoms with van der Waals surface area (Å²) in [4.78, 5) is 14.3. The molecule has 1 amide bonds. The fourth-order valence-corrected chi connectivity index (χ4v) is 3.18. The van der Waals surface area contributed by atoms with Crippen LogP contribution in [0.1, 0.15) is 18.4 Å². The van der Waals surface area contributed by atoms with Crippen molar-refractivity contribution in [3.8, 4) is 0 Å². The molecular weight excluding hydrogens is 254 g/mol. The largest absolute Gasteiger partial charge is 0.379 e. The number of nitrogens with zero attached hydrogens (tertiary/aromatic N) is 1. The van der Waals surface area contributed by atoms with E-state index < -0.39 is 0 Å². The van der Waals surface area contributed by atoms with Gasteiger partial charge in [-0.25, -0.2) is 0 Å². The number of carbonyl (C=O) groups excluding carboxylic acids is 1. The summed E-state index contributed by atoms with van der Waals surface area (Å²) in [7, 11) is 1.72. The third kappa shape index (κ3) is 2.72. The van der Waals surface area contributed by atoms with Crippen LogP contribution in [0.15, 0.2) is 30.3 Å². The highest BCUT2D eigenvalue weighted by atomic mass is 16.6. The fourth-order valence-electron chi connectivity index (χ4n) is 3.18. The van der Waals surface area contributed by atoms with Crippen LogP contribution in [0.25, 0.3) is 0 Å². The molecule has 108 valence electrons. The Kier molecular flexibility index (Phi) is 3.76. The molecule has 0 aromatic heterocycles. The lowest BCUT2D eigenvalue weighted by Crippen LogP contribution is -2.36. The quantitative estimate of drug-likeness (QED) is 0.841. The van der Waals surface area contributed by atoms with E-state index in [0.29, 0.717) is 19.6 Å². The van der Waals surface area contributed by atoms with Crippen molar-refractivity contribution in [1.29, 1.82) is 0 Å². The van der Waals surface area contributed by atoms with Gasteiger partial charge in [0.2, 0.25) is 5.91 Å². The van der Waals surface area contributed by atoms with E-state index in [4.69, 9.17) is 9.47 Å². The van der Waals surface area contributed by atoms with Gasteiger partial charge in [0.1, 0.15) is 0 Å². The highest BCUT2D eigenvalue weighted by Crippen LogP contribution is 2.36. The summed E-state index contributed by atoms with van der Waals surface area (Å²) in [5.74, 6) is 0.192. The summed E-state index contributed by atoms with van der Waals surface area (Å²) in [6.07, 6.45) is 2.48. The van der Waals surface area contributed by atoms with Gasteiger partial charge in [0.15, 0.2) is 0 Å². The number of likely N-dealkylation sites (tertiary alicyclic amines) is 1. The Hall–Kier alpha value is -1.39. The van der Waals surface area contributed by atoms with Gasteiger partial charge in [0, 0.05) is 26.6 Å². The van der Waals surface area contributed by atoms with Crippen LogP contribution in [-0.4, -0.2) is 49.3 Å². The molecule has 2 aliphatic heterocycles. The summed E-state index contributed by atoms with van der Waals surface area (Å²) < 4.78 is 11.3. The summed E-state index contributed by atoms with van der Waals surface area (Å²) in [5, 5.41) is 0. The predicted molar refractivity (Wildman–Crippen MR) is 75.4 cm³/mol. The maximum atomic E-state index is 12.3. The molecule has 0 bridgehead atoms. The van der Waals surface area contributed by atoms with Crippen molar-refractivity contribution < 1.29 is 14.3 Å². The van der Waals surface area contributed by atoms with Gasteiger partial charge >= 0.3 is 0 Å². The first-order valence-corrected chi connectivity index (χ1v) is 7.19. The van der Waals surface area contributed by atoms with Gasteiger partial charge in [0.25, 0.3) is 0 Å². The van der Waals surface area contributed by atoms with Crippen LogP contribution in [-0.2, 0) is 20.7 Å². The maximum Gasteiger partial charge on any atom is 0.227 e. The van der Waals surface area contributed by atoms with Gasteiger partial charge in [-0.15, -0.1) is 0 Å². The van der Waals surface area contributed by atoms with Crippen molar-refractivity contribution in [1.82, 2.24) is 4.90 Å². The van der Waals surface area contributed by atoms with Crippen molar-refractivity contribution >= 4 is 5.91 Å². The second-order valence-corrected chi connectivity index (χ2v) is 5.78. The van der Waals surface area contributed by atoms with E-state index in [0.717, 1.165) is 24.9 Å². The molecule has 2 atom stereocenters. The zero-order valence-electron chi connectivity index (χ0n) is 11.9. The van der Waals surface area contributed by atoms with Crippen LogP contribution < -0.4 is 0 Å². The zero-order chi connectivity index (χ0) is 14.0. The first-order chi connectivity index (χ1) is 9.71. The van der Waals surface area contributed by atoms with E-state index in [-0.39, 0.29) is 17.6 Å². The Morgan fingerprint density at radius 3 is 2.95 bits per heavy atom. The maximum absolute atomic E-state index is 12.3. The second-order valence-electron chi connectivity index (χ2n) is 5.78. The molecule has 2 heterocycles. The topological polar surface area (TPSA) is 38.8 Å². The number of benzene rings is 1. The molecule has 0 N–H and O–H groups in total. The number of hydrogen-bond donors (Lipinski definition) is 0. The normalized spacial score (nSPS) is 29.2. The van der Waals surface area contributed by atoms with E-state index in [1.54, 1.807) is 7.11 Å². The van der Waals surface area contributed by atoms with Gasteiger partial charge in [-0.05, 0) is 12.0 Å². The van der Waals surface area contributed by atoms with Crippen LogP contribution in [0, 0.1) is 0 Å². The molecule has 1 aromatic carbocycles. The standard InChI is InChI=1S/C16H21NO3/c1-19-14-10-16(20-11-14)7-8-17(12-16)15(18)9-13-5-3-2-4-6-13/h2-6,14H,7-12H2,1H3. The SMILES string of the molecule is COC1COC2(CCN(C(=O)Cc3ccccc3)C2)C1. The monoisotopic (exact) mass is 275 g/mol. The second kappa shape index (κ2) is 5.54. The Morgan fingerprint density at radius 2 is 2.25 bits per heavy atom. The van der Waals surface area contributed by atoms with Crippen molar-refractivity contribution in [3.63, 3.8) is 0 Å². The zero-order valence-corrected chi connectivity index (χ0v) is 11.9. The molecule has 2 unspecified atom stereocenters. The van der Waals surface area contributed by atoms with Crippen LogP contribution in [0.3, 0.4) is 0 Å². The fraction of sp³-hybridized carbons (Fsp3) is 0.562. The molecular formula is C16H21NO3. The molecule has 4 heteroatoms. The molecule has 1 aromatic rings. The Bertz CT molecular complexity index is 476. The molecule has 1 spiro atoms. The third-order valence-electron chi connectivity index (χ3n) is 4.38. The van der Waals surface area contributed by atoms with Crippen molar-refractivity contribution in [3.05, 3.63) is 35.9 Å². The van der Waals surface area contributed by atoms with Crippen molar-refractivity contribution in [2.24, 2.45) is 0 Å². The number of ether oxygens (including phenoxy) is 2. The molecule has 0 radical (unpaired) electrons. The molecule has 2 saturated heterocycles. The van der Waals surface area contributed by atoms with Gasteiger partial charge < -0.3 is 14.4 Å². The Labute approximate surface area is 119 Å². The molecule has 20 heavy (non-hydrogen) atoms. The van der Waals surface area contributed by atoms with Crippen LogP contribution in [0.4, 0.5) is 0 Å². The van der Waals surface area contributed by atoms with E-state index in [1.165, 1.54) is 0 Å². The Balaban J connectivity index is 1.59. The number of carbonyl (C=O) groups is 1. The van der Waals surface area contributed by atoms with Gasteiger partial charge in [0.05, 0.1) is 24.7 Å². The van der Waals surface area contributed by atoms with Crippen molar-refractivity contribution in [2.75, 3.05) is 26.8 Å². The van der Waals surface area contributed by atoms with Crippen LogP contribution in [0.2, 0.25) is 0 Å². The summed E-state index contributed by atoms with van der Waals surface area (Å²) in [6, 6.07) is 9.90. The number of methoxy groups -OCH3 is 1. The molecule has 2 aliphatic rings. The summed E-state index contributed by atoms with van der Waals surface area (Å²) >= 11 is 0. The highest BCUT2D eigenvalue weighted by Gasteiger charge is 2.46. The lowest BCUT2D eigenvalue weighted by molar-refractivity contribution is -0.130. The summed E-state index contributed by atoms with van der Waals surface area (Å²) in [5.41, 5.74) is 0.910. The van der Waals surface area contributed by atoms with E-state index in [9.17, 15) is 4.79 Å². The van der Waals surface area contributed by atoms with E-state index in [2.05, 4.69) is 0 Å². The lowest BCUT2D eigenvalue weighted by Gasteiger charge is -2.23. The van der Waals surface area contributed by atoms with Gasteiger partial charge in [-0.3, -0.25) is 4.79 Å². The van der Waals surface area contributed by atoms with Gasteiger partial charge in [-0.2, -0.15) is 0 Å². The minimum atomic E-state index is -0.160. The average Bonchev–Trinajstić information content (AvgIpc) is 3.08.